The minimum Gasteiger partial charge on any atom is -0.378 e. The third-order valence-electron chi connectivity index (χ3n) is 3.74. The highest BCUT2D eigenvalue weighted by Gasteiger charge is 2.11. The predicted molar refractivity (Wildman–Crippen MR) is 102 cm³/mol. The van der Waals surface area contributed by atoms with Gasteiger partial charge in [0.25, 0.3) is 0 Å². The summed E-state index contributed by atoms with van der Waals surface area (Å²) >= 11 is 0. The van der Waals surface area contributed by atoms with Gasteiger partial charge in [-0.2, -0.15) is 0 Å². The van der Waals surface area contributed by atoms with Crippen LogP contribution in [0, 0.1) is 0 Å². The Bertz CT molecular complexity index is 475. The van der Waals surface area contributed by atoms with Crippen molar-refractivity contribution in [2.75, 3.05) is 39.9 Å². The number of ether oxygens (including phenoxy) is 1. The number of benzene rings is 1. The van der Waals surface area contributed by atoms with Gasteiger partial charge in [0, 0.05) is 19.6 Å². The highest BCUT2D eigenvalue weighted by Crippen LogP contribution is 2.09. The molecule has 1 aliphatic rings. The first-order valence-electron chi connectivity index (χ1n) is 7.58. The molecule has 0 radical (unpaired) electrons. The molecule has 22 heavy (non-hydrogen) atoms. The second-order valence-electron chi connectivity index (χ2n) is 5.42. The number of morpholine rings is 1. The Hall–Kier alpha value is -0.860. The van der Waals surface area contributed by atoms with E-state index in [1.165, 1.54) is 11.1 Å². The predicted octanol–water partition coefficient (Wildman–Crippen LogP) is 1.90. The van der Waals surface area contributed by atoms with Crippen molar-refractivity contribution >= 4 is 29.9 Å². The molecule has 1 aromatic rings. The van der Waals surface area contributed by atoms with Crippen LogP contribution in [0.5, 0.6) is 0 Å². The van der Waals surface area contributed by atoms with Gasteiger partial charge in [0.05, 0.1) is 19.8 Å². The molecule has 1 aliphatic heterocycles. The van der Waals surface area contributed by atoms with Gasteiger partial charge in [-0.15, -0.1) is 24.0 Å². The van der Waals surface area contributed by atoms with Crippen molar-refractivity contribution in [3.05, 3.63) is 35.4 Å². The number of halogens is 1. The number of nitrogens with two attached hydrogens (primary N) is 1. The highest BCUT2D eigenvalue weighted by molar-refractivity contribution is 14.0. The van der Waals surface area contributed by atoms with E-state index in [0.29, 0.717) is 12.5 Å². The van der Waals surface area contributed by atoms with Crippen LogP contribution < -0.4 is 5.73 Å². The molecule has 1 fully saturated rings. The van der Waals surface area contributed by atoms with Gasteiger partial charge in [-0.3, -0.25) is 0 Å². The van der Waals surface area contributed by atoms with Crippen LogP contribution in [0.15, 0.2) is 29.3 Å². The molecule has 2 N–H and O–H groups in total. The van der Waals surface area contributed by atoms with E-state index < -0.39 is 0 Å². The minimum atomic E-state index is 0. The molecular formula is C16H27IN4O. The summed E-state index contributed by atoms with van der Waals surface area (Å²) in [5, 5.41) is 0. The maximum atomic E-state index is 6.05. The van der Waals surface area contributed by atoms with Crippen LogP contribution >= 0.6 is 24.0 Å². The van der Waals surface area contributed by atoms with E-state index >= 15 is 0 Å². The van der Waals surface area contributed by atoms with Crippen molar-refractivity contribution < 1.29 is 4.74 Å². The van der Waals surface area contributed by atoms with Gasteiger partial charge < -0.3 is 20.3 Å². The van der Waals surface area contributed by atoms with Gasteiger partial charge in [0.15, 0.2) is 5.96 Å². The molecule has 5 nitrogen and oxygen atoms in total. The Kier molecular flexibility index (Phi) is 8.74. The van der Waals surface area contributed by atoms with Crippen molar-refractivity contribution in [2.24, 2.45) is 10.7 Å². The summed E-state index contributed by atoms with van der Waals surface area (Å²) in [4.78, 5) is 8.87. The van der Waals surface area contributed by atoms with Crippen molar-refractivity contribution in [3.63, 3.8) is 0 Å². The third-order valence-corrected chi connectivity index (χ3v) is 3.74. The van der Waals surface area contributed by atoms with Crippen LogP contribution in [0.1, 0.15) is 18.1 Å². The number of guanidine groups is 1. The van der Waals surface area contributed by atoms with Gasteiger partial charge in [-0.05, 0) is 24.7 Å². The van der Waals surface area contributed by atoms with Crippen LogP contribution in [0.2, 0.25) is 0 Å². The van der Waals surface area contributed by atoms with Gasteiger partial charge in [0.2, 0.25) is 0 Å². The monoisotopic (exact) mass is 418 g/mol. The van der Waals surface area contributed by atoms with E-state index in [2.05, 4.69) is 53.0 Å². The lowest BCUT2D eigenvalue weighted by molar-refractivity contribution is 0.0674. The maximum absolute atomic E-state index is 6.05. The zero-order valence-electron chi connectivity index (χ0n) is 13.5. The van der Waals surface area contributed by atoms with Crippen molar-refractivity contribution in [1.29, 1.82) is 0 Å². The fourth-order valence-corrected chi connectivity index (χ4v) is 2.31. The first-order valence-corrected chi connectivity index (χ1v) is 7.58. The summed E-state index contributed by atoms with van der Waals surface area (Å²) in [6.45, 7) is 7.93. The van der Waals surface area contributed by atoms with Gasteiger partial charge >= 0.3 is 0 Å². The van der Waals surface area contributed by atoms with E-state index in [0.717, 1.165) is 39.4 Å². The molecule has 0 bridgehead atoms. The smallest absolute Gasteiger partial charge is 0.191 e. The topological polar surface area (TPSA) is 54.1 Å². The average Bonchev–Trinajstić information content (AvgIpc) is 2.53. The fourth-order valence-electron chi connectivity index (χ4n) is 2.31. The number of rotatable bonds is 5. The van der Waals surface area contributed by atoms with E-state index in [9.17, 15) is 0 Å². The van der Waals surface area contributed by atoms with Crippen molar-refractivity contribution in [2.45, 2.75) is 20.0 Å². The van der Waals surface area contributed by atoms with Gasteiger partial charge in [-0.1, -0.05) is 31.2 Å². The lowest BCUT2D eigenvalue weighted by atomic mass is 10.1. The molecule has 2 rings (SSSR count). The third kappa shape index (κ3) is 6.10. The fraction of sp³-hybridized carbons (Fsp3) is 0.562. The lowest BCUT2D eigenvalue weighted by Gasteiger charge is -2.27. The van der Waals surface area contributed by atoms with Crippen LogP contribution in [0.4, 0.5) is 0 Å². The quantitative estimate of drug-likeness (QED) is 0.451. The molecule has 1 saturated heterocycles. The second kappa shape index (κ2) is 10.0. The molecule has 6 heteroatoms. The molecule has 1 aromatic carbocycles. The largest absolute Gasteiger partial charge is 0.378 e. The number of hydrogen-bond donors (Lipinski definition) is 1. The van der Waals surface area contributed by atoms with Crippen LogP contribution in [0.3, 0.4) is 0 Å². The summed E-state index contributed by atoms with van der Waals surface area (Å²) in [6.07, 6.45) is 0. The lowest BCUT2D eigenvalue weighted by Crippen LogP contribution is -2.44. The van der Waals surface area contributed by atoms with Crippen LogP contribution in [-0.2, 0) is 17.8 Å². The average molecular weight is 418 g/mol. The summed E-state index contributed by atoms with van der Waals surface area (Å²) in [6, 6.07) is 8.56. The molecule has 0 saturated carbocycles. The molecule has 124 valence electrons. The summed E-state index contributed by atoms with van der Waals surface area (Å²) in [5.74, 6) is 0.620. The van der Waals surface area contributed by atoms with Crippen LogP contribution in [0.25, 0.3) is 0 Å². The SMILES string of the molecule is CCN(C)Cc1cccc(CN=C(N)N2CCOCC2)c1.I. The number of aliphatic imine (C=N–C) groups is 1. The molecule has 1 heterocycles. The second-order valence-corrected chi connectivity index (χ2v) is 5.42. The highest BCUT2D eigenvalue weighted by atomic mass is 127. The Morgan fingerprint density at radius 1 is 1.32 bits per heavy atom. The normalized spacial score (nSPS) is 15.8. The van der Waals surface area contributed by atoms with E-state index in [-0.39, 0.29) is 24.0 Å². The molecule has 0 aliphatic carbocycles. The number of nitrogens with zero attached hydrogens (tertiary/aromatic N) is 3. The first-order chi connectivity index (χ1) is 10.2. The summed E-state index contributed by atoms with van der Waals surface area (Å²) < 4.78 is 5.32. The molecule has 0 unspecified atom stereocenters. The van der Waals surface area contributed by atoms with Gasteiger partial charge in [-0.25, -0.2) is 4.99 Å². The summed E-state index contributed by atoms with van der Waals surface area (Å²) in [7, 11) is 2.13. The van der Waals surface area contributed by atoms with E-state index in [1.54, 1.807) is 0 Å². The van der Waals surface area contributed by atoms with Crippen molar-refractivity contribution in [1.82, 2.24) is 9.80 Å². The minimum absolute atomic E-state index is 0. The molecule has 0 amide bonds. The Morgan fingerprint density at radius 3 is 2.68 bits per heavy atom. The first kappa shape index (κ1) is 19.2. The Balaban J connectivity index is 0.00000242. The Labute approximate surface area is 150 Å². The zero-order valence-corrected chi connectivity index (χ0v) is 15.8. The summed E-state index contributed by atoms with van der Waals surface area (Å²) in [5.41, 5.74) is 8.57. The van der Waals surface area contributed by atoms with E-state index in [1.807, 2.05) is 0 Å². The van der Waals surface area contributed by atoms with Crippen LogP contribution in [-0.4, -0.2) is 55.7 Å². The molecule has 0 atom stereocenters. The molecular weight excluding hydrogens is 391 g/mol. The van der Waals surface area contributed by atoms with Gasteiger partial charge in [0.1, 0.15) is 0 Å². The maximum Gasteiger partial charge on any atom is 0.191 e. The van der Waals surface area contributed by atoms with Crippen molar-refractivity contribution in [3.8, 4) is 0 Å². The molecule has 0 aromatic heterocycles. The standard InChI is InChI=1S/C16H26N4O.HI/c1-3-19(2)13-15-6-4-5-14(11-15)12-18-16(17)20-7-9-21-10-8-20;/h4-6,11H,3,7-10,12-13H2,1-2H3,(H2,17,18);1H. The zero-order chi connectivity index (χ0) is 15.1. The number of hydrogen-bond acceptors (Lipinski definition) is 3. The van der Waals surface area contributed by atoms with E-state index in [4.69, 9.17) is 10.5 Å². The molecule has 0 spiro atoms. The Morgan fingerprint density at radius 2 is 2.00 bits per heavy atom.